The SMILES string of the molecule is O=C(N[C@H]1CCC[C@H]1c1ccc(Cl)cc1)c1cccnc1Cl. The standard InChI is InChI=1S/C17H16Cl2N2O/c18-12-8-6-11(7-9-12)13-3-1-5-15(13)21-17(22)14-4-2-10-20-16(14)19/h2,4,6-10,13,15H,1,3,5H2,(H,21,22)/t13-,15-/m0/s1. The molecule has 3 rings (SSSR count). The maximum Gasteiger partial charge on any atom is 0.254 e. The first-order valence-corrected chi connectivity index (χ1v) is 8.07. The predicted molar refractivity (Wildman–Crippen MR) is 88.5 cm³/mol. The van der Waals surface area contributed by atoms with Crippen LogP contribution in [0.15, 0.2) is 42.6 Å². The summed E-state index contributed by atoms with van der Waals surface area (Å²) in [5, 5.41) is 4.07. The van der Waals surface area contributed by atoms with E-state index in [0.29, 0.717) is 11.5 Å². The fraction of sp³-hybridized carbons (Fsp3) is 0.294. The van der Waals surface area contributed by atoms with Crippen LogP contribution < -0.4 is 5.32 Å². The molecule has 0 bridgehead atoms. The second kappa shape index (κ2) is 6.67. The van der Waals surface area contributed by atoms with Crippen LogP contribution >= 0.6 is 23.2 Å². The van der Waals surface area contributed by atoms with Crippen molar-refractivity contribution in [2.75, 3.05) is 0 Å². The first-order chi connectivity index (χ1) is 10.6. The van der Waals surface area contributed by atoms with E-state index in [0.717, 1.165) is 24.3 Å². The Morgan fingerprint density at radius 3 is 2.64 bits per heavy atom. The van der Waals surface area contributed by atoms with Gasteiger partial charge in [-0.05, 0) is 42.7 Å². The monoisotopic (exact) mass is 334 g/mol. The van der Waals surface area contributed by atoms with E-state index in [2.05, 4.69) is 10.3 Å². The van der Waals surface area contributed by atoms with Crippen LogP contribution in [-0.2, 0) is 0 Å². The highest BCUT2D eigenvalue weighted by Gasteiger charge is 2.30. The van der Waals surface area contributed by atoms with Gasteiger partial charge in [0.25, 0.3) is 5.91 Å². The molecule has 0 saturated heterocycles. The number of rotatable bonds is 3. The minimum Gasteiger partial charge on any atom is -0.349 e. The number of pyridine rings is 1. The van der Waals surface area contributed by atoms with Gasteiger partial charge in [-0.15, -0.1) is 0 Å². The lowest BCUT2D eigenvalue weighted by Gasteiger charge is -2.21. The lowest BCUT2D eigenvalue weighted by molar-refractivity contribution is 0.0934. The zero-order valence-corrected chi connectivity index (χ0v) is 13.4. The second-order valence-corrected chi connectivity index (χ2v) is 6.31. The minimum atomic E-state index is -0.163. The normalized spacial score (nSPS) is 20.8. The Morgan fingerprint density at radius 1 is 1.14 bits per heavy atom. The van der Waals surface area contributed by atoms with Gasteiger partial charge in [0.15, 0.2) is 0 Å². The highest BCUT2D eigenvalue weighted by atomic mass is 35.5. The molecule has 1 heterocycles. The Balaban J connectivity index is 1.75. The number of benzene rings is 1. The van der Waals surface area contributed by atoms with Gasteiger partial charge in [0.2, 0.25) is 0 Å². The Morgan fingerprint density at radius 2 is 1.91 bits per heavy atom. The number of nitrogens with zero attached hydrogens (tertiary/aromatic N) is 1. The van der Waals surface area contributed by atoms with Gasteiger partial charge in [0, 0.05) is 23.2 Å². The quantitative estimate of drug-likeness (QED) is 0.842. The number of amides is 1. The van der Waals surface area contributed by atoms with Gasteiger partial charge in [-0.1, -0.05) is 41.8 Å². The van der Waals surface area contributed by atoms with Crippen molar-refractivity contribution in [3.8, 4) is 0 Å². The van der Waals surface area contributed by atoms with Crippen molar-refractivity contribution >= 4 is 29.1 Å². The maximum absolute atomic E-state index is 12.4. The predicted octanol–water partition coefficient (Wildman–Crippen LogP) is 4.45. The van der Waals surface area contributed by atoms with Gasteiger partial charge in [0.1, 0.15) is 5.15 Å². The average molecular weight is 335 g/mol. The largest absolute Gasteiger partial charge is 0.349 e. The Kier molecular flexibility index (Phi) is 4.65. The molecule has 2 aromatic rings. The third-order valence-electron chi connectivity index (χ3n) is 4.13. The molecular formula is C17H16Cl2N2O. The van der Waals surface area contributed by atoms with Gasteiger partial charge in [0.05, 0.1) is 5.56 Å². The molecule has 0 radical (unpaired) electrons. The number of nitrogens with one attached hydrogen (secondary N) is 1. The van der Waals surface area contributed by atoms with E-state index in [4.69, 9.17) is 23.2 Å². The molecular weight excluding hydrogens is 319 g/mol. The average Bonchev–Trinajstić information content (AvgIpc) is 2.96. The third kappa shape index (κ3) is 3.26. The molecule has 1 aromatic heterocycles. The minimum absolute atomic E-state index is 0.116. The van der Waals surface area contributed by atoms with Crippen LogP contribution in [0, 0.1) is 0 Å². The molecule has 0 aliphatic heterocycles. The summed E-state index contributed by atoms with van der Waals surface area (Å²) >= 11 is 11.9. The lowest BCUT2D eigenvalue weighted by atomic mass is 9.94. The van der Waals surface area contributed by atoms with Gasteiger partial charge in [-0.25, -0.2) is 4.98 Å². The highest BCUT2D eigenvalue weighted by Crippen LogP contribution is 2.35. The maximum atomic E-state index is 12.4. The summed E-state index contributed by atoms with van der Waals surface area (Å²) in [6, 6.07) is 11.4. The molecule has 1 amide bonds. The Bertz CT molecular complexity index is 673. The first kappa shape index (κ1) is 15.3. The molecule has 1 saturated carbocycles. The molecule has 114 valence electrons. The van der Waals surface area contributed by atoms with E-state index in [1.165, 1.54) is 5.56 Å². The van der Waals surface area contributed by atoms with Crippen LogP contribution in [0.1, 0.15) is 41.1 Å². The van der Waals surface area contributed by atoms with Crippen LogP contribution in [0.4, 0.5) is 0 Å². The summed E-state index contributed by atoms with van der Waals surface area (Å²) in [5.74, 6) is 0.153. The number of aromatic nitrogens is 1. The molecule has 22 heavy (non-hydrogen) atoms. The molecule has 1 fully saturated rings. The zero-order valence-electron chi connectivity index (χ0n) is 11.9. The van der Waals surface area contributed by atoms with E-state index in [1.54, 1.807) is 18.3 Å². The van der Waals surface area contributed by atoms with Crippen molar-refractivity contribution in [3.63, 3.8) is 0 Å². The number of hydrogen-bond donors (Lipinski definition) is 1. The van der Waals surface area contributed by atoms with Crippen molar-refractivity contribution in [1.82, 2.24) is 10.3 Å². The second-order valence-electron chi connectivity index (χ2n) is 5.51. The fourth-order valence-electron chi connectivity index (χ4n) is 3.04. The fourth-order valence-corrected chi connectivity index (χ4v) is 3.37. The molecule has 2 atom stereocenters. The van der Waals surface area contributed by atoms with Gasteiger partial charge < -0.3 is 5.32 Å². The van der Waals surface area contributed by atoms with Crippen molar-refractivity contribution in [2.24, 2.45) is 0 Å². The van der Waals surface area contributed by atoms with Gasteiger partial charge in [-0.2, -0.15) is 0 Å². The molecule has 1 aliphatic carbocycles. The Hall–Kier alpha value is -1.58. The van der Waals surface area contributed by atoms with E-state index in [9.17, 15) is 4.79 Å². The Labute approximate surface area is 139 Å². The molecule has 5 heteroatoms. The summed E-state index contributed by atoms with van der Waals surface area (Å²) in [6.45, 7) is 0. The third-order valence-corrected chi connectivity index (χ3v) is 4.69. The van der Waals surface area contributed by atoms with Crippen molar-refractivity contribution < 1.29 is 4.79 Å². The smallest absolute Gasteiger partial charge is 0.254 e. The van der Waals surface area contributed by atoms with Gasteiger partial charge in [-0.3, -0.25) is 4.79 Å². The van der Waals surface area contributed by atoms with E-state index in [-0.39, 0.29) is 17.1 Å². The van der Waals surface area contributed by atoms with Crippen molar-refractivity contribution in [2.45, 2.75) is 31.2 Å². The van der Waals surface area contributed by atoms with Crippen LogP contribution in [0.3, 0.4) is 0 Å². The molecule has 0 spiro atoms. The van der Waals surface area contributed by atoms with Gasteiger partial charge >= 0.3 is 0 Å². The summed E-state index contributed by atoms with van der Waals surface area (Å²) in [4.78, 5) is 16.3. The van der Waals surface area contributed by atoms with Crippen LogP contribution in [0.25, 0.3) is 0 Å². The summed E-state index contributed by atoms with van der Waals surface area (Å²) in [5.41, 5.74) is 1.63. The molecule has 0 unspecified atom stereocenters. The van der Waals surface area contributed by atoms with Crippen LogP contribution in [0.5, 0.6) is 0 Å². The van der Waals surface area contributed by atoms with Crippen LogP contribution in [-0.4, -0.2) is 16.9 Å². The van der Waals surface area contributed by atoms with Crippen LogP contribution in [0.2, 0.25) is 10.2 Å². The highest BCUT2D eigenvalue weighted by molar-refractivity contribution is 6.32. The number of hydrogen-bond acceptors (Lipinski definition) is 2. The summed E-state index contributed by atoms with van der Waals surface area (Å²) < 4.78 is 0. The number of carbonyl (C=O) groups excluding carboxylic acids is 1. The molecule has 3 nitrogen and oxygen atoms in total. The lowest BCUT2D eigenvalue weighted by Crippen LogP contribution is -2.36. The van der Waals surface area contributed by atoms with Crippen molar-refractivity contribution in [1.29, 1.82) is 0 Å². The van der Waals surface area contributed by atoms with E-state index < -0.39 is 0 Å². The number of halogens is 2. The summed E-state index contributed by atoms with van der Waals surface area (Å²) in [7, 11) is 0. The topological polar surface area (TPSA) is 42.0 Å². The molecule has 1 N–H and O–H groups in total. The van der Waals surface area contributed by atoms with Crippen molar-refractivity contribution in [3.05, 3.63) is 63.9 Å². The zero-order chi connectivity index (χ0) is 15.5. The number of carbonyl (C=O) groups is 1. The first-order valence-electron chi connectivity index (χ1n) is 7.32. The summed E-state index contributed by atoms with van der Waals surface area (Å²) in [6.07, 6.45) is 4.70. The van der Waals surface area contributed by atoms with E-state index >= 15 is 0 Å². The molecule has 1 aromatic carbocycles. The van der Waals surface area contributed by atoms with E-state index in [1.807, 2.05) is 24.3 Å². The molecule has 1 aliphatic rings.